The first kappa shape index (κ1) is 27.1. The Labute approximate surface area is 212 Å². The maximum absolute atomic E-state index is 13.8. The van der Waals surface area contributed by atoms with Crippen molar-refractivity contribution < 1.29 is 28.6 Å². The Kier molecular flexibility index (Phi) is 9.40. The normalized spacial score (nSPS) is 14.2. The number of hydrogen-bond donors (Lipinski definition) is 3. The van der Waals surface area contributed by atoms with Crippen molar-refractivity contribution in [1.82, 2.24) is 9.69 Å². The predicted molar refractivity (Wildman–Crippen MR) is 135 cm³/mol. The molecule has 0 bridgehead atoms. The van der Waals surface area contributed by atoms with E-state index in [0.29, 0.717) is 23.3 Å². The van der Waals surface area contributed by atoms with Gasteiger partial charge in [-0.05, 0) is 80.8 Å². The van der Waals surface area contributed by atoms with Crippen LogP contribution in [-0.2, 0) is 4.79 Å². The molecule has 0 spiro atoms. The molecule has 0 aliphatic heterocycles. The van der Waals surface area contributed by atoms with E-state index < -0.39 is 17.8 Å². The minimum Gasteiger partial charge on any atom is -0.485 e. The van der Waals surface area contributed by atoms with E-state index >= 15 is 0 Å². The van der Waals surface area contributed by atoms with Crippen LogP contribution < -0.4 is 15.8 Å². The van der Waals surface area contributed by atoms with Gasteiger partial charge in [0, 0.05) is 17.0 Å². The molecule has 4 N–H and O–H groups in total. The lowest BCUT2D eigenvalue weighted by molar-refractivity contribution is -0.120. The van der Waals surface area contributed by atoms with Crippen molar-refractivity contribution in [3.63, 3.8) is 0 Å². The number of amides is 1. The highest BCUT2D eigenvalue weighted by Crippen LogP contribution is 2.34. The van der Waals surface area contributed by atoms with Crippen LogP contribution in [0.1, 0.15) is 51.5 Å². The summed E-state index contributed by atoms with van der Waals surface area (Å²) in [4.78, 5) is 33.9. The number of likely N-dealkylation sites (N-methyl/N-ethyl adjacent to an activating group) is 1. The summed E-state index contributed by atoms with van der Waals surface area (Å²) >= 11 is 1.29. The standard InChI is InChI=1S/C22H18FNO3S.C4H10N2O2/c1-13(27-18-8-6-15(7-9-18)22(26)14-2-3-14)21-11-20(24-28-21)16-4-5-17(12-25)19(23)10-16;1-6-3(2-7)4(5)8/h4-14H,2-3H2,1H3;3,6-7H,2H2,1H3,(H2,5,8). The highest BCUT2D eigenvalue weighted by Gasteiger charge is 2.30. The number of aromatic nitrogens is 1. The number of halogens is 1. The van der Waals surface area contributed by atoms with Gasteiger partial charge < -0.3 is 20.9 Å². The first-order valence-electron chi connectivity index (χ1n) is 11.4. The van der Waals surface area contributed by atoms with Gasteiger partial charge in [0.15, 0.2) is 12.1 Å². The first-order chi connectivity index (χ1) is 17.3. The molecule has 1 saturated carbocycles. The second-order valence-electron chi connectivity index (χ2n) is 8.32. The van der Waals surface area contributed by atoms with Gasteiger partial charge in [-0.3, -0.25) is 14.4 Å². The lowest BCUT2D eigenvalue weighted by Crippen LogP contribution is -2.41. The number of aliphatic hydroxyl groups excluding tert-OH is 1. The molecule has 1 fully saturated rings. The Morgan fingerprint density at radius 2 is 1.94 bits per heavy atom. The van der Waals surface area contributed by atoms with E-state index in [1.807, 2.05) is 25.1 Å². The van der Waals surface area contributed by atoms with E-state index in [1.54, 1.807) is 25.2 Å². The fourth-order valence-corrected chi connectivity index (χ4v) is 3.99. The molecule has 1 amide bonds. The van der Waals surface area contributed by atoms with E-state index in [4.69, 9.17) is 15.6 Å². The van der Waals surface area contributed by atoms with Crippen molar-refractivity contribution in [1.29, 1.82) is 0 Å². The van der Waals surface area contributed by atoms with Gasteiger partial charge in [-0.25, -0.2) is 4.39 Å². The number of carbonyl (C=O) groups excluding carboxylic acids is 3. The number of hydrogen-bond acceptors (Lipinski definition) is 8. The zero-order valence-corrected chi connectivity index (χ0v) is 20.8. The number of carbonyl (C=O) groups is 3. The van der Waals surface area contributed by atoms with E-state index in [-0.39, 0.29) is 30.0 Å². The van der Waals surface area contributed by atoms with Crippen molar-refractivity contribution >= 4 is 29.5 Å². The van der Waals surface area contributed by atoms with Gasteiger partial charge in [-0.1, -0.05) is 6.07 Å². The molecule has 10 heteroatoms. The lowest BCUT2D eigenvalue weighted by Gasteiger charge is -2.13. The predicted octanol–water partition coefficient (Wildman–Crippen LogP) is 3.55. The Morgan fingerprint density at radius 3 is 2.44 bits per heavy atom. The molecule has 0 radical (unpaired) electrons. The molecule has 36 heavy (non-hydrogen) atoms. The summed E-state index contributed by atoms with van der Waals surface area (Å²) in [5, 5.41) is 10.9. The highest BCUT2D eigenvalue weighted by molar-refractivity contribution is 7.06. The van der Waals surface area contributed by atoms with E-state index in [2.05, 4.69) is 9.69 Å². The molecule has 1 aromatic heterocycles. The average molecular weight is 514 g/mol. The van der Waals surface area contributed by atoms with E-state index in [0.717, 1.165) is 23.3 Å². The number of aliphatic hydroxyl groups is 1. The third-order valence-electron chi connectivity index (χ3n) is 5.63. The van der Waals surface area contributed by atoms with Crippen molar-refractivity contribution in [2.24, 2.45) is 11.7 Å². The zero-order valence-electron chi connectivity index (χ0n) is 19.9. The van der Waals surface area contributed by atoms with Gasteiger partial charge in [0.1, 0.15) is 23.7 Å². The molecule has 2 atom stereocenters. The van der Waals surface area contributed by atoms with Gasteiger partial charge in [0.05, 0.1) is 22.7 Å². The SMILES string of the molecule is CC(Oc1ccc(C(=O)C2CC2)cc1)c1cc(-c2ccc(C=O)c(F)c2)ns1.CNC(CO)C(N)=O. The quantitative estimate of drug-likeness (QED) is 0.279. The number of primary amides is 1. The number of ketones is 1. The van der Waals surface area contributed by atoms with Crippen LogP contribution in [0.3, 0.4) is 0 Å². The van der Waals surface area contributed by atoms with Crippen LogP contribution >= 0.6 is 11.5 Å². The summed E-state index contributed by atoms with van der Waals surface area (Å²) < 4.78 is 24.2. The Hall–Kier alpha value is -3.47. The summed E-state index contributed by atoms with van der Waals surface area (Å²) in [5.74, 6) is -0.00960. The van der Waals surface area contributed by atoms with Gasteiger partial charge in [0.2, 0.25) is 5.91 Å². The van der Waals surface area contributed by atoms with Gasteiger partial charge >= 0.3 is 0 Å². The molecular formula is C26H28FN3O5S. The number of benzene rings is 2. The lowest BCUT2D eigenvalue weighted by atomic mass is 10.1. The zero-order chi connectivity index (χ0) is 26.2. The summed E-state index contributed by atoms with van der Waals surface area (Å²) in [6.07, 6.45) is 2.23. The number of ether oxygens (including phenoxy) is 1. The number of rotatable bonds is 10. The van der Waals surface area contributed by atoms with Crippen molar-refractivity contribution in [2.75, 3.05) is 13.7 Å². The van der Waals surface area contributed by atoms with E-state index in [9.17, 15) is 18.8 Å². The molecule has 190 valence electrons. The molecule has 4 rings (SSSR count). The molecule has 1 heterocycles. The van der Waals surface area contributed by atoms with E-state index in [1.165, 1.54) is 23.7 Å². The molecule has 8 nitrogen and oxygen atoms in total. The molecule has 2 unspecified atom stereocenters. The monoisotopic (exact) mass is 513 g/mol. The average Bonchev–Trinajstić information content (AvgIpc) is 3.60. The van der Waals surface area contributed by atoms with Crippen LogP contribution in [0.2, 0.25) is 0 Å². The summed E-state index contributed by atoms with van der Waals surface area (Å²) in [6, 6.07) is 12.9. The number of nitrogens with one attached hydrogen (secondary N) is 1. The third kappa shape index (κ3) is 7.03. The molecule has 3 aromatic rings. The van der Waals surface area contributed by atoms with Gasteiger partial charge in [-0.2, -0.15) is 4.37 Å². The van der Waals surface area contributed by atoms with Crippen LogP contribution in [0.5, 0.6) is 5.75 Å². The van der Waals surface area contributed by atoms with Crippen LogP contribution in [0.4, 0.5) is 4.39 Å². The summed E-state index contributed by atoms with van der Waals surface area (Å²) in [7, 11) is 1.56. The van der Waals surface area contributed by atoms with Crippen molar-refractivity contribution in [2.45, 2.75) is 31.9 Å². The topological polar surface area (TPSA) is 132 Å². The molecular weight excluding hydrogens is 485 g/mol. The highest BCUT2D eigenvalue weighted by atomic mass is 32.1. The maximum Gasteiger partial charge on any atom is 0.236 e. The van der Waals surface area contributed by atoms with Crippen molar-refractivity contribution in [3.8, 4) is 17.0 Å². The molecule has 1 aliphatic rings. The number of aldehydes is 1. The fourth-order valence-electron chi connectivity index (χ4n) is 3.26. The van der Waals surface area contributed by atoms with Crippen LogP contribution in [-0.4, -0.2) is 47.2 Å². The summed E-state index contributed by atoms with van der Waals surface area (Å²) in [5.41, 5.74) is 6.80. The van der Waals surface area contributed by atoms with Gasteiger partial charge in [-0.15, -0.1) is 0 Å². The second kappa shape index (κ2) is 12.5. The van der Waals surface area contributed by atoms with Crippen LogP contribution in [0.15, 0.2) is 48.5 Å². The fraction of sp³-hybridized carbons (Fsp3) is 0.308. The number of Topliss-reactive ketones (excluding diaryl/α,β-unsaturated/α-hetero) is 1. The largest absolute Gasteiger partial charge is 0.485 e. The smallest absolute Gasteiger partial charge is 0.236 e. The minimum absolute atomic E-state index is 0.0273. The Balaban J connectivity index is 0.000000392. The van der Waals surface area contributed by atoms with Crippen LogP contribution in [0.25, 0.3) is 11.3 Å². The molecule has 2 aromatic carbocycles. The maximum atomic E-state index is 13.8. The Morgan fingerprint density at radius 1 is 1.25 bits per heavy atom. The van der Waals surface area contributed by atoms with Gasteiger partial charge in [0.25, 0.3) is 0 Å². The Bertz CT molecular complexity index is 1210. The molecule has 1 aliphatic carbocycles. The second-order valence-corrected chi connectivity index (χ2v) is 9.15. The number of nitrogens with two attached hydrogens (primary N) is 1. The van der Waals surface area contributed by atoms with Crippen LogP contribution in [0, 0.1) is 11.7 Å². The summed E-state index contributed by atoms with van der Waals surface area (Å²) in [6.45, 7) is 1.67. The minimum atomic E-state index is -0.602. The number of nitrogens with zero attached hydrogens (tertiary/aromatic N) is 1. The third-order valence-corrected chi connectivity index (χ3v) is 6.58. The van der Waals surface area contributed by atoms with Crippen molar-refractivity contribution in [3.05, 3.63) is 70.4 Å². The molecule has 0 saturated heterocycles. The first-order valence-corrected chi connectivity index (χ1v) is 12.1.